The van der Waals surface area contributed by atoms with Crippen LogP contribution < -0.4 is 10.2 Å². The van der Waals surface area contributed by atoms with Gasteiger partial charge in [0.15, 0.2) is 6.23 Å². The highest BCUT2D eigenvalue weighted by Crippen LogP contribution is 2.32. The number of aromatic nitrogens is 3. The van der Waals surface area contributed by atoms with E-state index < -0.39 is 29.5 Å². The van der Waals surface area contributed by atoms with Gasteiger partial charge in [-0.25, -0.2) is 18.9 Å². The third kappa shape index (κ3) is 5.48. The van der Waals surface area contributed by atoms with Crippen molar-refractivity contribution < 1.29 is 28.2 Å². The summed E-state index contributed by atoms with van der Waals surface area (Å²) < 4.78 is 33.2. The van der Waals surface area contributed by atoms with Crippen molar-refractivity contribution in [3.8, 4) is 0 Å². The molecule has 38 heavy (non-hydrogen) atoms. The van der Waals surface area contributed by atoms with Gasteiger partial charge in [-0.3, -0.25) is 10.1 Å². The van der Waals surface area contributed by atoms with Crippen LogP contribution in [0.15, 0.2) is 30.6 Å². The summed E-state index contributed by atoms with van der Waals surface area (Å²) in [6.07, 6.45) is 4.58. The molecule has 0 bridgehead atoms. The smallest absolute Gasteiger partial charge is 0.412 e. The van der Waals surface area contributed by atoms with Crippen molar-refractivity contribution in [3.63, 3.8) is 0 Å². The van der Waals surface area contributed by atoms with E-state index in [9.17, 15) is 9.59 Å². The van der Waals surface area contributed by atoms with Gasteiger partial charge in [-0.15, -0.1) is 0 Å². The Balaban J connectivity index is 1.53. The molecule has 1 N–H and O–H groups in total. The lowest BCUT2D eigenvalue weighted by Gasteiger charge is -2.29. The summed E-state index contributed by atoms with van der Waals surface area (Å²) >= 11 is 0. The number of ether oxygens (including phenoxy) is 3. The third-order valence-corrected chi connectivity index (χ3v) is 6.48. The third-order valence-electron chi connectivity index (χ3n) is 6.48. The highest BCUT2D eigenvalue weighted by Gasteiger charge is 2.27. The van der Waals surface area contributed by atoms with Gasteiger partial charge >= 0.3 is 6.09 Å². The number of benzene rings is 1. The number of pyridine rings is 1. The van der Waals surface area contributed by atoms with Gasteiger partial charge in [0, 0.05) is 30.6 Å². The number of carbonyl (C=O) groups excluding carboxylic acids is 2. The molecule has 4 heterocycles. The highest BCUT2D eigenvalue weighted by molar-refractivity contribution is 6.18. The van der Waals surface area contributed by atoms with E-state index in [1.165, 1.54) is 23.0 Å². The van der Waals surface area contributed by atoms with Crippen LogP contribution >= 0.6 is 0 Å². The molecule has 2 fully saturated rings. The normalized spacial score (nSPS) is 18.4. The van der Waals surface area contributed by atoms with Crippen molar-refractivity contribution in [2.45, 2.75) is 51.9 Å². The fourth-order valence-electron chi connectivity index (χ4n) is 4.72. The Morgan fingerprint density at radius 3 is 2.63 bits per heavy atom. The number of nitrogens with one attached hydrogen (secondary N) is 1. The molecule has 2 aromatic heterocycles. The van der Waals surface area contributed by atoms with E-state index in [2.05, 4.69) is 20.3 Å². The predicted octanol–water partition coefficient (Wildman–Crippen LogP) is 4.68. The number of carbonyl (C=O) groups is 2. The van der Waals surface area contributed by atoms with Crippen molar-refractivity contribution in [1.29, 1.82) is 0 Å². The van der Waals surface area contributed by atoms with Gasteiger partial charge in [0.2, 0.25) is 5.78 Å². The maximum atomic E-state index is 15.0. The largest absolute Gasteiger partial charge is 0.444 e. The highest BCUT2D eigenvalue weighted by atomic mass is 19.1. The number of amides is 1. The predicted molar refractivity (Wildman–Crippen MR) is 139 cm³/mol. The number of morpholine rings is 1. The lowest BCUT2D eigenvalue weighted by molar-refractivity contribution is -0.0369. The van der Waals surface area contributed by atoms with Crippen molar-refractivity contribution in [3.05, 3.63) is 47.7 Å². The Morgan fingerprint density at radius 1 is 1.13 bits per heavy atom. The standard InChI is InChI=1S/C27H32FN5O5/c1-27(2,3)38-26(35)31-21-14-17(32-9-12-36-13-10-32)15-29-23(21)25(34)18-7-8-20(28)24-19(18)16-30-33(24)22-6-4-5-11-37-22/h7-8,14-16,22H,4-6,9-13H2,1-3H3,(H,31,35). The first-order valence-electron chi connectivity index (χ1n) is 12.9. The van der Waals surface area contributed by atoms with Crippen molar-refractivity contribution >= 4 is 34.2 Å². The van der Waals surface area contributed by atoms with Gasteiger partial charge in [0.1, 0.15) is 22.6 Å². The summed E-state index contributed by atoms with van der Waals surface area (Å²) in [7, 11) is 0. The van der Waals surface area contributed by atoms with Crippen LogP contribution in [0.2, 0.25) is 0 Å². The Kier molecular flexibility index (Phi) is 7.31. The van der Waals surface area contributed by atoms with Crippen molar-refractivity contribution in [2.24, 2.45) is 0 Å². The summed E-state index contributed by atoms with van der Waals surface area (Å²) in [5.74, 6) is -0.968. The molecular weight excluding hydrogens is 493 g/mol. The van der Waals surface area contributed by atoms with Gasteiger partial charge in [0.25, 0.3) is 0 Å². The molecule has 2 saturated heterocycles. The molecule has 11 heteroatoms. The van der Waals surface area contributed by atoms with E-state index in [-0.39, 0.29) is 22.5 Å². The van der Waals surface area contributed by atoms with Crippen LogP contribution in [-0.4, -0.2) is 65.2 Å². The molecule has 1 amide bonds. The number of hydrogen-bond donors (Lipinski definition) is 1. The average molecular weight is 526 g/mol. The van der Waals surface area contributed by atoms with Crippen LogP contribution in [0.5, 0.6) is 0 Å². The van der Waals surface area contributed by atoms with Gasteiger partial charge < -0.3 is 19.1 Å². The number of rotatable bonds is 5. The summed E-state index contributed by atoms with van der Waals surface area (Å²) in [6.45, 7) is 8.28. The minimum Gasteiger partial charge on any atom is -0.444 e. The monoisotopic (exact) mass is 525 g/mol. The van der Waals surface area contributed by atoms with E-state index in [0.717, 1.165) is 18.5 Å². The Labute approximate surface area is 220 Å². The van der Waals surface area contributed by atoms with Crippen LogP contribution in [0.4, 0.5) is 20.6 Å². The number of fused-ring (bicyclic) bond motifs is 1. The number of hydrogen-bond acceptors (Lipinski definition) is 8. The molecule has 0 aliphatic carbocycles. The lowest BCUT2D eigenvalue weighted by Crippen LogP contribution is -2.36. The fourth-order valence-corrected chi connectivity index (χ4v) is 4.72. The minimum atomic E-state index is -0.734. The Morgan fingerprint density at radius 2 is 1.92 bits per heavy atom. The molecule has 5 rings (SSSR count). The zero-order chi connectivity index (χ0) is 26.9. The number of anilines is 2. The maximum absolute atomic E-state index is 15.0. The molecular formula is C27H32FN5O5. The van der Waals surface area contributed by atoms with Crippen LogP contribution in [0.25, 0.3) is 10.9 Å². The van der Waals surface area contributed by atoms with E-state index in [4.69, 9.17) is 14.2 Å². The summed E-state index contributed by atoms with van der Waals surface area (Å²) in [6, 6.07) is 4.37. The molecule has 202 valence electrons. The second-order valence-electron chi connectivity index (χ2n) is 10.4. The second-order valence-corrected chi connectivity index (χ2v) is 10.4. The molecule has 2 aliphatic rings. The molecule has 1 aromatic carbocycles. The van der Waals surface area contributed by atoms with Crippen molar-refractivity contribution in [2.75, 3.05) is 43.1 Å². The van der Waals surface area contributed by atoms with Gasteiger partial charge in [-0.05, 0) is 58.2 Å². The van der Waals surface area contributed by atoms with Crippen LogP contribution in [-0.2, 0) is 14.2 Å². The van der Waals surface area contributed by atoms with Crippen LogP contribution in [0.3, 0.4) is 0 Å². The molecule has 3 aromatic rings. The second kappa shape index (κ2) is 10.7. The molecule has 0 saturated carbocycles. The van der Waals surface area contributed by atoms with Gasteiger partial charge in [-0.2, -0.15) is 5.10 Å². The maximum Gasteiger partial charge on any atom is 0.412 e. The van der Waals surface area contributed by atoms with Crippen molar-refractivity contribution in [1.82, 2.24) is 14.8 Å². The number of halogens is 1. The number of nitrogens with zero attached hydrogens (tertiary/aromatic N) is 4. The minimum absolute atomic E-state index is 0.0162. The first kappa shape index (κ1) is 26.1. The topological polar surface area (TPSA) is 108 Å². The van der Waals surface area contributed by atoms with E-state index in [0.29, 0.717) is 44.7 Å². The first-order chi connectivity index (χ1) is 18.2. The van der Waals surface area contributed by atoms with Gasteiger partial charge in [-0.1, -0.05) is 0 Å². The van der Waals surface area contributed by atoms with Crippen LogP contribution in [0, 0.1) is 5.82 Å². The zero-order valence-electron chi connectivity index (χ0n) is 21.8. The molecule has 0 spiro atoms. The average Bonchev–Trinajstić information content (AvgIpc) is 3.35. The lowest BCUT2D eigenvalue weighted by atomic mass is 10.0. The summed E-state index contributed by atoms with van der Waals surface area (Å²) in [5, 5.41) is 7.42. The molecule has 1 unspecified atom stereocenters. The molecule has 0 radical (unpaired) electrons. The molecule has 2 aliphatic heterocycles. The zero-order valence-corrected chi connectivity index (χ0v) is 21.8. The van der Waals surface area contributed by atoms with E-state index in [1.54, 1.807) is 33.0 Å². The van der Waals surface area contributed by atoms with E-state index in [1.807, 2.05) is 0 Å². The fraction of sp³-hybridized carbons (Fsp3) is 0.481. The first-order valence-corrected chi connectivity index (χ1v) is 12.9. The SMILES string of the molecule is CC(C)(C)OC(=O)Nc1cc(N2CCOCC2)cnc1C(=O)c1ccc(F)c2c1cnn2C1CCCCO1. The van der Waals surface area contributed by atoms with Crippen LogP contribution in [0.1, 0.15) is 62.3 Å². The molecule has 1 atom stereocenters. The van der Waals surface area contributed by atoms with E-state index >= 15 is 4.39 Å². The summed E-state index contributed by atoms with van der Waals surface area (Å²) in [5.41, 5.74) is 0.651. The Hall–Kier alpha value is -3.57. The molecule has 10 nitrogen and oxygen atoms in total. The quantitative estimate of drug-likeness (QED) is 0.479. The Bertz CT molecular complexity index is 1340. The number of ketones is 1. The summed E-state index contributed by atoms with van der Waals surface area (Å²) in [4.78, 5) is 33.1. The van der Waals surface area contributed by atoms with Gasteiger partial charge in [0.05, 0.1) is 37.0 Å².